The number of hydrogen-bond donors (Lipinski definition) is 1. The van der Waals surface area contributed by atoms with Gasteiger partial charge in [-0.15, -0.1) is 0 Å². The quantitative estimate of drug-likeness (QED) is 0.646. The Labute approximate surface area is 175 Å². The molecule has 4 rings (SSSR count). The predicted molar refractivity (Wildman–Crippen MR) is 114 cm³/mol. The Morgan fingerprint density at radius 3 is 2.33 bits per heavy atom. The molecule has 1 aliphatic heterocycles. The van der Waals surface area contributed by atoms with E-state index in [1.54, 1.807) is 13.1 Å². The van der Waals surface area contributed by atoms with Gasteiger partial charge in [0.05, 0.1) is 6.20 Å². The number of amides is 3. The van der Waals surface area contributed by atoms with Gasteiger partial charge in [-0.1, -0.05) is 75.4 Å². The van der Waals surface area contributed by atoms with Gasteiger partial charge in [-0.25, -0.2) is 9.78 Å². The molecule has 154 valence electrons. The number of imide groups is 1. The van der Waals surface area contributed by atoms with Gasteiger partial charge in [0, 0.05) is 5.56 Å². The van der Waals surface area contributed by atoms with Crippen LogP contribution < -0.4 is 5.32 Å². The number of hydrogen-bond acceptors (Lipinski definition) is 4. The first-order chi connectivity index (χ1) is 14.2. The van der Waals surface area contributed by atoms with Crippen molar-refractivity contribution in [3.63, 3.8) is 0 Å². The third-order valence-electron chi connectivity index (χ3n) is 5.51. The highest BCUT2D eigenvalue weighted by atomic mass is 16.4. The summed E-state index contributed by atoms with van der Waals surface area (Å²) >= 11 is 0. The Morgan fingerprint density at radius 1 is 1.03 bits per heavy atom. The van der Waals surface area contributed by atoms with E-state index in [4.69, 9.17) is 4.42 Å². The first-order valence-corrected chi connectivity index (χ1v) is 9.94. The predicted octanol–water partition coefficient (Wildman–Crippen LogP) is 4.61. The molecule has 1 fully saturated rings. The van der Waals surface area contributed by atoms with Crippen LogP contribution in [-0.2, 0) is 22.3 Å². The summed E-state index contributed by atoms with van der Waals surface area (Å²) in [4.78, 5) is 31.2. The topological polar surface area (TPSA) is 75.4 Å². The number of carbonyl (C=O) groups excluding carboxylic acids is 2. The van der Waals surface area contributed by atoms with Crippen molar-refractivity contribution in [2.45, 2.75) is 45.2 Å². The highest BCUT2D eigenvalue weighted by molar-refractivity contribution is 6.07. The number of oxazole rings is 1. The van der Waals surface area contributed by atoms with E-state index in [1.165, 1.54) is 0 Å². The average molecular weight is 403 g/mol. The Balaban J connectivity index is 1.55. The van der Waals surface area contributed by atoms with E-state index >= 15 is 0 Å². The van der Waals surface area contributed by atoms with Crippen molar-refractivity contribution in [3.05, 3.63) is 77.8 Å². The fraction of sp³-hybridized carbons (Fsp3) is 0.292. The molecule has 0 unspecified atom stereocenters. The van der Waals surface area contributed by atoms with Crippen LogP contribution in [0.15, 0.2) is 65.2 Å². The lowest BCUT2D eigenvalue weighted by atomic mass is 9.84. The summed E-state index contributed by atoms with van der Waals surface area (Å²) in [5.74, 6) is 0.582. The molecule has 1 aromatic heterocycles. The molecule has 0 bridgehead atoms. The Kier molecular flexibility index (Phi) is 4.73. The molecule has 0 spiro atoms. The Hall–Kier alpha value is -3.41. The Morgan fingerprint density at radius 2 is 1.70 bits per heavy atom. The third-order valence-corrected chi connectivity index (χ3v) is 5.51. The summed E-state index contributed by atoms with van der Waals surface area (Å²) in [6.07, 6.45) is 1.60. The van der Waals surface area contributed by atoms with Crippen molar-refractivity contribution in [3.8, 4) is 11.3 Å². The molecule has 1 aliphatic rings. The molecule has 3 amide bonds. The molecular weight excluding hydrogens is 378 g/mol. The van der Waals surface area contributed by atoms with Gasteiger partial charge in [0.15, 0.2) is 5.76 Å². The average Bonchev–Trinajstić information content (AvgIpc) is 3.27. The van der Waals surface area contributed by atoms with Crippen molar-refractivity contribution >= 4 is 11.9 Å². The van der Waals surface area contributed by atoms with E-state index in [0.717, 1.165) is 21.6 Å². The molecular formula is C24H25N3O3. The molecule has 1 saturated heterocycles. The van der Waals surface area contributed by atoms with Gasteiger partial charge in [0.2, 0.25) is 5.89 Å². The van der Waals surface area contributed by atoms with E-state index in [2.05, 4.69) is 31.1 Å². The summed E-state index contributed by atoms with van der Waals surface area (Å²) in [6.45, 7) is 8.10. The van der Waals surface area contributed by atoms with E-state index in [9.17, 15) is 9.59 Å². The van der Waals surface area contributed by atoms with Crippen molar-refractivity contribution < 1.29 is 14.0 Å². The lowest BCUT2D eigenvalue weighted by Gasteiger charge is -2.24. The highest BCUT2D eigenvalue weighted by Crippen LogP contribution is 2.32. The summed E-state index contributed by atoms with van der Waals surface area (Å²) in [5.41, 5.74) is 1.68. The fourth-order valence-corrected chi connectivity index (χ4v) is 3.59. The monoisotopic (exact) mass is 403 g/mol. The maximum Gasteiger partial charge on any atom is 0.325 e. The number of urea groups is 1. The number of aromatic nitrogens is 1. The van der Waals surface area contributed by atoms with Crippen molar-refractivity contribution in [2.24, 2.45) is 0 Å². The molecule has 1 N–H and O–H groups in total. The second-order valence-electron chi connectivity index (χ2n) is 8.76. The SMILES string of the molecule is CC(C)(C)c1ccc([C@]2(C)NC(=O)N(Cc3ncc(-c4ccccc4)o3)C2=O)cc1. The van der Waals surface area contributed by atoms with Crippen LogP contribution in [0, 0.1) is 0 Å². The van der Waals surface area contributed by atoms with Gasteiger partial charge in [-0.05, 0) is 23.5 Å². The van der Waals surface area contributed by atoms with Crippen LogP contribution in [0.5, 0.6) is 0 Å². The molecule has 2 aromatic carbocycles. The number of nitrogens with zero attached hydrogens (tertiary/aromatic N) is 2. The molecule has 0 saturated carbocycles. The van der Waals surface area contributed by atoms with E-state index in [0.29, 0.717) is 11.7 Å². The zero-order chi connectivity index (χ0) is 21.5. The van der Waals surface area contributed by atoms with Crippen LogP contribution >= 0.6 is 0 Å². The van der Waals surface area contributed by atoms with Gasteiger partial charge in [0.25, 0.3) is 5.91 Å². The summed E-state index contributed by atoms with van der Waals surface area (Å²) in [5, 5.41) is 2.83. The molecule has 3 aromatic rings. The van der Waals surface area contributed by atoms with Gasteiger partial charge < -0.3 is 9.73 Å². The number of benzene rings is 2. The van der Waals surface area contributed by atoms with Crippen molar-refractivity contribution in [1.29, 1.82) is 0 Å². The zero-order valence-corrected chi connectivity index (χ0v) is 17.6. The minimum Gasteiger partial charge on any atom is -0.439 e. The molecule has 6 nitrogen and oxygen atoms in total. The van der Waals surface area contributed by atoms with Gasteiger partial charge in [-0.2, -0.15) is 0 Å². The normalized spacial score (nSPS) is 19.3. The van der Waals surface area contributed by atoms with Crippen LogP contribution in [0.1, 0.15) is 44.7 Å². The van der Waals surface area contributed by atoms with Gasteiger partial charge in [0.1, 0.15) is 12.1 Å². The summed E-state index contributed by atoms with van der Waals surface area (Å²) in [7, 11) is 0. The maximum atomic E-state index is 13.2. The zero-order valence-electron chi connectivity index (χ0n) is 17.6. The first-order valence-electron chi connectivity index (χ1n) is 9.94. The van der Waals surface area contributed by atoms with Gasteiger partial charge in [-0.3, -0.25) is 9.69 Å². The van der Waals surface area contributed by atoms with Gasteiger partial charge >= 0.3 is 6.03 Å². The van der Waals surface area contributed by atoms with Crippen LogP contribution in [0.4, 0.5) is 4.79 Å². The van der Waals surface area contributed by atoms with Crippen molar-refractivity contribution in [1.82, 2.24) is 15.2 Å². The lowest BCUT2D eigenvalue weighted by molar-refractivity contribution is -0.131. The van der Waals surface area contributed by atoms with Crippen LogP contribution in [0.3, 0.4) is 0 Å². The maximum absolute atomic E-state index is 13.2. The molecule has 0 aliphatic carbocycles. The van der Waals surface area contributed by atoms with Crippen LogP contribution in [0.2, 0.25) is 0 Å². The molecule has 2 heterocycles. The summed E-state index contributed by atoms with van der Waals surface area (Å²) < 4.78 is 5.77. The van der Waals surface area contributed by atoms with Crippen molar-refractivity contribution in [2.75, 3.05) is 0 Å². The van der Waals surface area contributed by atoms with Crippen LogP contribution in [-0.4, -0.2) is 21.8 Å². The number of carbonyl (C=O) groups is 2. The highest BCUT2D eigenvalue weighted by Gasteiger charge is 2.49. The Bertz CT molecular complexity index is 1080. The van der Waals surface area contributed by atoms with E-state index in [-0.39, 0.29) is 17.9 Å². The second kappa shape index (κ2) is 7.13. The lowest BCUT2D eigenvalue weighted by Crippen LogP contribution is -2.40. The minimum atomic E-state index is -1.12. The third kappa shape index (κ3) is 3.49. The molecule has 6 heteroatoms. The molecule has 30 heavy (non-hydrogen) atoms. The smallest absolute Gasteiger partial charge is 0.325 e. The van der Waals surface area contributed by atoms with Crippen LogP contribution in [0.25, 0.3) is 11.3 Å². The number of rotatable bonds is 4. The molecule has 1 atom stereocenters. The second-order valence-corrected chi connectivity index (χ2v) is 8.76. The standard InChI is InChI=1S/C24H25N3O3/c1-23(2,3)17-10-12-18(13-11-17)24(4)21(28)27(22(29)26-24)15-20-25-14-19(30-20)16-8-6-5-7-9-16/h5-14H,15H2,1-4H3,(H,26,29)/t24-/m0/s1. The summed E-state index contributed by atoms with van der Waals surface area (Å²) in [6, 6.07) is 16.9. The first kappa shape index (κ1) is 19.9. The van der Waals surface area contributed by atoms with E-state index in [1.807, 2.05) is 54.6 Å². The fourth-order valence-electron chi connectivity index (χ4n) is 3.59. The van der Waals surface area contributed by atoms with E-state index < -0.39 is 11.6 Å². The molecule has 0 radical (unpaired) electrons. The number of nitrogens with one attached hydrogen (secondary N) is 1. The largest absolute Gasteiger partial charge is 0.439 e. The minimum absolute atomic E-state index is 0.00974.